The number of hydrogen-bond acceptors (Lipinski definition) is 2. The van der Waals surface area contributed by atoms with Crippen molar-refractivity contribution in [1.82, 2.24) is 9.97 Å². The summed E-state index contributed by atoms with van der Waals surface area (Å²) in [5.74, 6) is -0.996. The Hall–Kier alpha value is -1.81. The lowest BCUT2D eigenvalue weighted by Gasteiger charge is -1.93. The first-order valence-electron chi connectivity index (χ1n) is 4.21. The average molecular weight is 223 g/mol. The quantitative estimate of drug-likeness (QED) is 0.767. The number of carbonyl (C=O) groups is 1. The number of aromatic amines is 1. The molecule has 0 amide bonds. The zero-order chi connectivity index (χ0) is 10.8. The van der Waals surface area contributed by atoms with Crippen LogP contribution in [0.5, 0.6) is 0 Å². The molecule has 0 saturated carbocycles. The van der Waals surface area contributed by atoms with Crippen molar-refractivity contribution in [3.05, 3.63) is 35.1 Å². The summed E-state index contributed by atoms with van der Waals surface area (Å²) >= 11 is 5.98. The molecule has 0 unspecified atom stereocenters. The molecule has 0 fully saturated rings. The number of aliphatic carboxylic acids is 1. The Balaban J connectivity index is 2.57. The second kappa shape index (κ2) is 3.74. The van der Waals surface area contributed by atoms with Gasteiger partial charge in [0, 0.05) is 29.4 Å². The second-order valence-corrected chi connectivity index (χ2v) is 3.34. The highest BCUT2D eigenvalue weighted by Crippen LogP contribution is 2.25. The first-order valence-corrected chi connectivity index (χ1v) is 4.59. The topological polar surface area (TPSA) is 66.0 Å². The van der Waals surface area contributed by atoms with E-state index >= 15 is 0 Å². The van der Waals surface area contributed by atoms with Crippen molar-refractivity contribution in [3.8, 4) is 0 Å². The molecule has 2 aromatic rings. The van der Waals surface area contributed by atoms with Gasteiger partial charge in [0.1, 0.15) is 5.65 Å². The summed E-state index contributed by atoms with van der Waals surface area (Å²) in [7, 11) is 0. The molecule has 76 valence electrons. The van der Waals surface area contributed by atoms with E-state index in [1.165, 1.54) is 6.08 Å². The van der Waals surface area contributed by atoms with Crippen LogP contribution in [0.2, 0.25) is 5.02 Å². The molecule has 0 aromatic carbocycles. The van der Waals surface area contributed by atoms with E-state index in [-0.39, 0.29) is 0 Å². The third-order valence-electron chi connectivity index (χ3n) is 1.96. The number of nitrogens with one attached hydrogen (secondary N) is 1. The van der Waals surface area contributed by atoms with Crippen LogP contribution in [-0.2, 0) is 4.79 Å². The normalized spacial score (nSPS) is 11.3. The first kappa shape index (κ1) is 9.73. The van der Waals surface area contributed by atoms with Gasteiger partial charge in [-0.2, -0.15) is 0 Å². The summed E-state index contributed by atoms with van der Waals surface area (Å²) in [5.41, 5.74) is 1.36. The van der Waals surface area contributed by atoms with Crippen molar-refractivity contribution >= 4 is 34.7 Å². The van der Waals surface area contributed by atoms with Gasteiger partial charge in [-0.05, 0) is 12.1 Å². The smallest absolute Gasteiger partial charge is 0.328 e. The summed E-state index contributed by atoms with van der Waals surface area (Å²) in [6, 6.07) is 1.66. The maximum atomic E-state index is 10.4. The van der Waals surface area contributed by atoms with Gasteiger partial charge in [-0.1, -0.05) is 11.6 Å². The van der Waals surface area contributed by atoms with Crippen LogP contribution in [0.1, 0.15) is 5.56 Å². The molecule has 5 heteroatoms. The fourth-order valence-electron chi connectivity index (χ4n) is 1.33. The zero-order valence-electron chi connectivity index (χ0n) is 7.57. The summed E-state index contributed by atoms with van der Waals surface area (Å²) in [5, 5.41) is 9.79. The van der Waals surface area contributed by atoms with E-state index in [0.717, 1.165) is 11.5 Å². The number of H-pyrrole nitrogens is 1. The van der Waals surface area contributed by atoms with Crippen LogP contribution < -0.4 is 0 Å². The molecule has 0 aliphatic rings. The molecule has 4 nitrogen and oxygen atoms in total. The number of fused-ring (bicyclic) bond motifs is 1. The van der Waals surface area contributed by atoms with Gasteiger partial charge >= 0.3 is 5.97 Å². The van der Waals surface area contributed by atoms with Crippen molar-refractivity contribution < 1.29 is 9.90 Å². The van der Waals surface area contributed by atoms with Crippen molar-refractivity contribution in [2.75, 3.05) is 0 Å². The molecule has 0 aliphatic heterocycles. The largest absolute Gasteiger partial charge is 0.478 e. The molecule has 15 heavy (non-hydrogen) atoms. The van der Waals surface area contributed by atoms with Gasteiger partial charge < -0.3 is 10.1 Å². The highest BCUT2D eigenvalue weighted by atomic mass is 35.5. The number of hydrogen-bond donors (Lipinski definition) is 2. The van der Waals surface area contributed by atoms with Crippen molar-refractivity contribution in [2.45, 2.75) is 0 Å². The van der Waals surface area contributed by atoms with Crippen molar-refractivity contribution in [1.29, 1.82) is 0 Å². The molecule has 0 aliphatic carbocycles. The van der Waals surface area contributed by atoms with Crippen LogP contribution in [0.4, 0.5) is 0 Å². The number of aromatic nitrogens is 2. The molecule has 0 bridgehead atoms. The lowest BCUT2D eigenvalue weighted by molar-refractivity contribution is -0.131. The Morgan fingerprint density at radius 1 is 1.60 bits per heavy atom. The van der Waals surface area contributed by atoms with Gasteiger partial charge in [0.05, 0.1) is 5.02 Å². The van der Waals surface area contributed by atoms with Crippen molar-refractivity contribution in [3.63, 3.8) is 0 Å². The monoisotopic (exact) mass is 222 g/mol. The molecule has 2 N–H and O–H groups in total. The number of carboxylic acids is 1. The van der Waals surface area contributed by atoms with Gasteiger partial charge in [-0.25, -0.2) is 9.78 Å². The molecule has 0 spiro atoms. The molecule has 0 saturated heterocycles. The van der Waals surface area contributed by atoms with Gasteiger partial charge in [0.2, 0.25) is 0 Å². The Morgan fingerprint density at radius 2 is 2.40 bits per heavy atom. The summed E-state index contributed by atoms with van der Waals surface area (Å²) in [6.07, 6.45) is 5.80. The fourth-order valence-corrected chi connectivity index (χ4v) is 1.59. The molecule has 2 aromatic heterocycles. The van der Waals surface area contributed by atoms with E-state index in [2.05, 4.69) is 9.97 Å². The van der Waals surface area contributed by atoms with Crippen LogP contribution in [0.3, 0.4) is 0 Å². The van der Waals surface area contributed by atoms with Gasteiger partial charge in [-0.3, -0.25) is 0 Å². The predicted octanol–water partition coefficient (Wildman–Crippen LogP) is 2.31. The number of pyridine rings is 1. The second-order valence-electron chi connectivity index (χ2n) is 2.93. The Kier molecular flexibility index (Phi) is 2.43. The van der Waals surface area contributed by atoms with E-state index in [1.54, 1.807) is 18.5 Å². The van der Waals surface area contributed by atoms with Crippen LogP contribution in [0, 0.1) is 0 Å². The van der Waals surface area contributed by atoms with Crippen LogP contribution in [0.15, 0.2) is 24.5 Å². The van der Waals surface area contributed by atoms with Gasteiger partial charge in [-0.15, -0.1) is 0 Å². The van der Waals surface area contributed by atoms with Crippen LogP contribution in [-0.4, -0.2) is 21.0 Å². The van der Waals surface area contributed by atoms with E-state index in [1.807, 2.05) is 0 Å². The molecule has 0 radical (unpaired) electrons. The molecule has 0 atom stereocenters. The van der Waals surface area contributed by atoms with Gasteiger partial charge in [0.25, 0.3) is 0 Å². The maximum Gasteiger partial charge on any atom is 0.328 e. The van der Waals surface area contributed by atoms with Crippen molar-refractivity contribution in [2.24, 2.45) is 0 Å². The van der Waals surface area contributed by atoms with E-state index in [4.69, 9.17) is 16.7 Å². The molecular weight excluding hydrogens is 216 g/mol. The third-order valence-corrected chi connectivity index (χ3v) is 2.27. The lowest BCUT2D eigenvalue weighted by atomic mass is 10.2. The average Bonchev–Trinajstić information content (AvgIpc) is 2.59. The SMILES string of the molecule is O=C(O)C=Cc1c[nH]c2nccc(Cl)c12. The number of rotatable bonds is 2. The van der Waals surface area contributed by atoms with Crippen LogP contribution >= 0.6 is 11.6 Å². The fraction of sp³-hybridized carbons (Fsp3) is 0. The number of nitrogens with zero attached hydrogens (tertiary/aromatic N) is 1. The Labute approximate surface area is 90.2 Å². The highest BCUT2D eigenvalue weighted by Gasteiger charge is 2.05. The highest BCUT2D eigenvalue weighted by molar-refractivity contribution is 6.35. The zero-order valence-corrected chi connectivity index (χ0v) is 8.32. The third kappa shape index (κ3) is 1.85. The maximum absolute atomic E-state index is 10.4. The minimum absolute atomic E-state index is 0.547. The molecular formula is C10H7ClN2O2. The van der Waals surface area contributed by atoms with E-state index in [0.29, 0.717) is 16.2 Å². The Bertz CT molecular complexity index is 545. The lowest BCUT2D eigenvalue weighted by Crippen LogP contribution is -1.85. The summed E-state index contributed by atoms with van der Waals surface area (Å²) < 4.78 is 0. The summed E-state index contributed by atoms with van der Waals surface area (Å²) in [6.45, 7) is 0. The number of carboxylic acid groups (broad SMARTS) is 1. The molecule has 2 heterocycles. The number of halogens is 1. The van der Waals surface area contributed by atoms with E-state index < -0.39 is 5.97 Å². The van der Waals surface area contributed by atoms with Crippen LogP contribution in [0.25, 0.3) is 17.1 Å². The molecule has 2 rings (SSSR count). The van der Waals surface area contributed by atoms with Gasteiger partial charge in [0.15, 0.2) is 0 Å². The minimum Gasteiger partial charge on any atom is -0.478 e. The summed E-state index contributed by atoms with van der Waals surface area (Å²) in [4.78, 5) is 17.4. The first-order chi connectivity index (χ1) is 7.18. The van der Waals surface area contributed by atoms with E-state index in [9.17, 15) is 4.79 Å². The standard InChI is InChI=1S/C10H7ClN2O2/c11-7-3-4-12-10-9(7)6(5-13-10)1-2-8(14)15/h1-5H,(H,12,13)(H,14,15). The Morgan fingerprint density at radius 3 is 3.13 bits per heavy atom. The predicted molar refractivity (Wildman–Crippen MR) is 57.8 cm³/mol. The minimum atomic E-state index is -0.996.